The number of carbonyl (C=O) groups is 1. The van der Waals surface area contributed by atoms with E-state index in [1.807, 2.05) is 13.8 Å². The van der Waals surface area contributed by atoms with Gasteiger partial charge in [0.25, 0.3) is 5.91 Å². The molecule has 1 fully saturated rings. The van der Waals surface area contributed by atoms with Crippen molar-refractivity contribution in [1.82, 2.24) is 4.90 Å². The maximum Gasteiger partial charge on any atom is 0.335 e. The van der Waals surface area contributed by atoms with Crippen molar-refractivity contribution in [3.8, 4) is 0 Å². The van der Waals surface area contributed by atoms with Crippen LogP contribution in [0.25, 0.3) is 0 Å². The summed E-state index contributed by atoms with van der Waals surface area (Å²) in [5.74, 6) is -0.129. The third-order valence-corrected chi connectivity index (χ3v) is 2.65. The van der Waals surface area contributed by atoms with Crippen LogP contribution in [-0.2, 0) is 4.74 Å². The smallest absolute Gasteiger partial charge is 0.335 e. The molecule has 1 saturated heterocycles. The Morgan fingerprint density at radius 2 is 1.94 bits per heavy atom. The Balaban J connectivity index is 2.14. The molecule has 0 aliphatic carbocycles. The number of amides is 1. The van der Waals surface area contributed by atoms with Crippen molar-refractivity contribution in [3.63, 3.8) is 0 Å². The number of morpholine rings is 1. The van der Waals surface area contributed by atoms with Crippen LogP contribution in [0.1, 0.15) is 24.2 Å². The molecule has 0 aromatic carbocycles. The summed E-state index contributed by atoms with van der Waals surface area (Å²) in [5.41, 5.74) is -0.0591. The van der Waals surface area contributed by atoms with E-state index in [-0.39, 0.29) is 18.1 Å². The number of rotatable bonds is 1. The molecular formula is C12H15NO4. The molecule has 1 aliphatic rings. The topological polar surface area (TPSA) is 59.8 Å². The minimum Gasteiger partial charge on any atom is -0.430 e. The average molecular weight is 237 g/mol. The fourth-order valence-electron chi connectivity index (χ4n) is 2.01. The minimum atomic E-state index is -0.453. The molecule has 5 nitrogen and oxygen atoms in total. The van der Waals surface area contributed by atoms with Crippen LogP contribution in [0, 0.1) is 0 Å². The molecule has 1 aliphatic heterocycles. The Labute approximate surface area is 99.0 Å². The van der Waals surface area contributed by atoms with Crippen molar-refractivity contribution >= 4 is 5.91 Å². The predicted octanol–water partition coefficient (Wildman–Crippen LogP) is 0.889. The van der Waals surface area contributed by atoms with Gasteiger partial charge in [0.2, 0.25) is 0 Å². The first-order valence-electron chi connectivity index (χ1n) is 5.60. The summed E-state index contributed by atoms with van der Waals surface area (Å²) in [6, 6.07) is 2.74. The summed E-state index contributed by atoms with van der Waals surface area (Å²) < 4.78 is 10.2. The van der Waals surface area contributed by atoms with Gasteiger partial charge in [-0.1, -0.05) is 0 Å². The maximum atomic E-state index is 12.1. The Kier molecular flexibility index (Phi) is 3.28. The second-order valence-electron chi connectivity index (χ2n) is 4.31. The second kappa shape index (κ2) is 4.71. The van der Waals surface area contributed by atoms with Crippen LogP contribution in [-0.4, -0.2) is 36.1 Å². The van der Waals surface area contributed by atoms with E-state index in [0.29, 0.717) is 18.7 Å². The normalized spacial score (nSPS) is 24.7. The van der Waals surface area contributed by atoms with E-state index < -0.39 is 5.63 Å². The highest BCUT2D eigenvalue weighted by atomic mass is 16.5. The van der Waals surface area contributed by atoms with E-state index in [1.165, 1.54) is 18.4 Å². The van der Waals surface area contributed by atoms with Crippen molar-refractivity contribution in [2.45, 2.75) is 26.1 Å². The summed E-state index contributed by atoms with van der Waals surface area (Å²) in [6.07, 6.45) is 1.26. The second-order valence-corrected chi connectivity index (χ2v) is 4.31. The predicted molar refractivity (Wildman–Crippen MR) is 60.9 cm³/mol. The van der Waals surface area contributed by atoms with E-state index in [9.17, 15) is 9.59 Å². The van der Waals surface area contributed by atoms with Crippen molar-refractivity contribution in [3.05, 3.63) is 34.4 Å². The summed E-state index contributed by atoms with van der Waals surface area (Å²) in [4.78, 5) is 24.6. The SMILES string of the molecule is CC1CN(C(=O)c2ccc(=O)oc2)CC(C)O1. The monoisotopic (exact) mass is 237 g/mol. The van der Waals surface area contributed by atoms with E-state index in [2.05, 4.69) is 4.42 Å². The zero-order chi connectivity index (χ0) is 12.4. The summed E-state index contributed by atoms with van der Waals surface area (Å²) in [6.45, 7) is 4.98. The highest BCUT2D eigenvalue weighted by molar-refractivity contribution is 5.93. The molecule has 0 N–H and O–H groups in total. The first kappa shape index (κ1) is 11.9. The quantitative estimate of drug-likeness (QED) is 0.727. The molecule has 1 aromatic rings. The minimum absolute atomic E-state index is 0.0263. The van der Waals surface area contributed by atoms with Gasteiger partial charge in [-0.05, 0) is 19.9 Å². The van der Waals surface area contributed by atoms with Crippen molar-refractivity contribution in [2.75, 3.05) is 13.1 Å². The van der Waals surface area contributed by atoms with Gasteiger partial charge in [0.15, 0.2) is 0 Å². The van der Waals surface area contributed by atoms with Gasteiger partial charge in [-0.3, -0.25) is 4.79 Å². The molecule has 1 amide bonds. The fraction of sp³-hybridized carbons (Fsp3) is 0.500. The molecule has 5 heteroatoms. The first-order valence-corrected chi connectivity index (χ1v) is 5.60. The van der Waals surface area contributed by atoms with Crippen molar-refractivity contribution in [2.24, 2.45) is 0 Å². The average Bonchev–Trinajstić information content (AvgIpc) is 2.28. The van der Waals surface area contributed by atoms with Crippen molar-refractivity contribution in [1.29, 1.82) is 0 Å². The lowest BCUT2D eigenvalue weighted by molar-refractivity contribution is -0.0586. The number of hydrogen-bond acceptors (Lipinski definition) is 4. The van der Waals surface area contributed by atoms with Gasteiger partial charge in [-0.15, -0.1) is 0 Å². The number of nitrogens with zero attached hydrogens (tertiary/aromatic N) is 1. The lowest BCUT2D eigenvalue weighted by Crippen LogP contribution is -2.48. The van der Waals surface area contributed by atoms with Gasteiger partial charge in [-0.25, -0.2) is 4.79 Å². The standard InChI is InChI=1S/C12H15NO4/c1-8-5-13(6-9(2)17-8)12(15)10-3-4-11(14)16-7-10/h3-4,7-9H,5-6H2,1-2H3. The molecule has 0 radical (unpaired) electrons. The zero-order valence-electron chi connectivity index (χ0n) is 9.88. The summed E-state index contributed by atoms with van der Waals surface area (Å²) >= 11 is 0. The Morgan fingerprint density at radius 1 is 1.29 bits per heavy atom. The number of ether oxygens (including phenoxy) is 1. The highest BCUT2D eigenvalue weighted by Crippen LogP contribution is 2.13. The van der Waals surface area contributed by atoms with E-state index in [4.69, 9.17) is 4.74 Å². The van der Waals surface area contributed by atoms with Gasteiger partial charge < -0.3 is 14.1 Å². The molecule has 2 unspecified atom stereocenters. The molecule has 17 heavy (non-hydrogen) atoms. The van der Waals surface area contributed by atoms with Gasteiger partial charge in [0.05, 0.1) is 17.8 Å². The lowest BCUT2D eigenvalue weighted by Gasteiger charge is -2.35. The number of hydrogen-bond donors (Lipinski definition) is 0. The van der Waals surface area contributed by atoms with Gasteiger partial charge in [0, 0.05) is 19.2 Å². The Hall–Kier alpha value is -1.62. The molecule has 0 bridgehead atoms. The molecule has 1 aromatic heterocycles. The Morgan fingerprint density at radius 3 is 2.47 bits per heavy atom. The van der Waals surface area contributed by atoms with Crippen LogP contribution in [0.15, 0.2) is 27.6 Å². The maximum absolute atomic E-state index is 12.1. The molecule has 2 rings (SSSR count). The molecular weight excluding hydrogens is 222 g/mol. The van der Waals surface area contributed by atoms with Crippen LogP contribution in [0.4, 0.5) is 0 Å². The van der Waals surface area contributed by atoms with E-state index in [0.717, 1.165) is 0 Å². The van der Waals surface area contributed by atoms with Gasteiger partial charge in [-0.2, -0.15) is 0 Å². The Bertz CT molecular complexity index is 437. The van der Waals surface area contributed by atoms with E-state index in [1.54, 1.807) is 4.90 Å². The first-order chi connectivity index (χ1) is 8.06. The third-order valence-electron chi connectivity index (χ3n) is 2.65. The molecule has 2 atom stereocenters. The highest BCUT2D eigenvalue weighted by Gasteiger charge is 2.26. The molecule has 92 valence electrons. The van der Waals surface area contributed by atoms with Crippen LogP contribution < -0.4 is 5.63 Å². The molecule has 2 heterocycles. The third kappa shape index (κ3) is 2.74. The molecule has 0 spiro atoms. The van der Waals surface area contributed by atoms with Gasteiger partial charge in [0.1, 0.15) is 6.26 Å². The van der Waals surface area contributed by atoms with Crippen molar-refractivity contribution < 1.29 is 13.9 Å². The van der Waals surface area contributed by atoms with Crippen LogP contribution in [0.5, 0.6) is 0 Å². The van der Waals surface area contributed by atoms with E-state index >= 15 is 0 Å². The van der Waals surface area contributed by atoms with Crippen LogP contribution in [0.2, 0.25) is 0 Å². The summed E-state index contributed by atoms with van der Waals surface area (Å²) in [7, 11) is 0. The van der Waals surface area contributed by atoms with Gasteiger partial charge >= 0.3 is 5.63 Å². The van der Waals surface area contributed by atoms with Crippen LogP contribution in [0.3, 0.4) is 0 Å². The zero-order valence-corrected chi connectivity index (χ0v) is 9.88. The van der Waals surface area contributed by atoms with Crippen LogP contribution >= 0.6 is 0 Å². The largest absolute Gasteiger partial charge is 0.430 e. The molecule has 0 saturated carbocycles. The number of carbonyl (C=O) groups excluding carboxylic acids is 1. The lowest BCUT2D eigenvalue weighted by atomic mass is 10.2. The fourth-order valence-corrected chi connectivity index (χ4v) is 2.01. The summed E-state index contributed by atoms with van der Waals surface area (Å²) in [5, 5.41) is 0.